The van der Waals surface area contributed by atoms with Crippen molar-refractivity contribution in [1.29, 1.82) is 0 Å². The second kappa shape index (κ2) is 8.93. The molecule has 1 aliphatic rings. The molecule has 1 amide bonds. The number of likely N-dealkylation sites (tertiary alicyclic amines) is 1. The summed E-state index contributed by atoms with van der Waals surface area (Å²) in [6.45, 7) is 1.48. The van der Waals surface area contributed by atoms with Gasteiger partial charge in [-0.2, -0.15) is 0 Å². The van der Waals surface area contributed by atoms with Crippen molar-refractivity contribution in [1.82, 2.24) is 4.90 Å². The number of aliphatic hydroxyl groups is 1. The molecule has 138 valence electrons. The summed E-state index contributed by atoms with van der Waals surface area (Å²) in [5.74, 6) is -2.91. The van der Waals surface area contributed by atoms with Crippen molar-refractivity contribution in [2.75, 3.05) is 32.1 Å². The lowest BCUT2D eigenvalue weighted by Gasteiger charge is -2.31. The van der Waals surface area contributed by atoms with E-state index < -0.39 is 23.8 Å². The van der Waals surface area contributed by atoms with Crippen LogP contribution in [-0.4, -0.2) is 65.8 Å². The van der Waals surface area contributed by atoms with Crippen molar-refractivity contribution in [2.45, 2.75) is 25.4 Å². The monoisotopic (exact) mass is 370 g/mol. The molecular weight excluding hydrogens is 348 g/mol. The normalized spacial score (nSPS) is 17.0. The Morgan fingerprint density at radius 2 is 2.08 bits per heavy atom. The molecule has 1 aromatic heterocycles. The molecule has 1 fully saturated rings. The molecule has 25 heavy (non-hydrogen) atoms. The molecule has 0 spiro atoms. The maximum atomic E-state index is 12.2. The van der Waals surface area contributed by atoms with Gasteiger partial charge in [0.1, 0.15) is 4.88 Å². The molecule has 8 nitrogen and oxygen atoms in total. The first-order valence-corrected chi connectivity index (χ1v) is 8.87. The van der Waals surface area contributed by atoms with Crippen LogP contribution < -0.4 is 5.32 Å². The van der Waals surface area contributed by atoms with E-state index in [1.54, 1.807) is 11.4 Å². The van der Waals surface area contributed by atoms with Crippen molar-refractivity contribution in [2.24, 2.45) is 5.92 Å². The summed E-state index contributed by atoms with van der Waals surface area (Å²) in [5.41, 5.74) is 0.326. The van der Waals surface area contributed by atoms with Gasteiger partial charge < -0.3 is 25.2 Å². The average molecular weight is 370 g/mol. The lowest BCUT2D eigenvalue weighted by atomic mass is 10.0. The number of anilines is 1. The van der Waals surface area contributed by atoms with Crippen LogP contribution in [0.3, 0.4) is 0 Å². The standard InChI is InChI=1S/C16H22N2O6S/c1-24-16(23)14-12(4-7-25-14)17-13(20)8-10(15(21)22)9-18-5-2-11(19)3-6-18/h4,7,10-11,19H,2-3,5-6,8-9H2,1H3,(H,17,20)(H,21,22)/t10-/m1/s1. The van der Waals surface area contributed by atoms with Gasteiger partial charge in [0, 0.05) is 26.1 Å². The lowest BCUT2D eigenvalue weighted by Crippen LogP contribution is -2.41. The van der Waals surface area contributed by atoms with Gasteiger partial charge in [-0.15, -0.1) is 11.3 Å². The number of thiophene rings is 1. The number of aliphatic carboxylic acids is 1. The minimum atomic E-state index is -1.04. The Morgan fingerprint density at radius 1 is 1.40 bits per heavy atom. The Morgan fingerprint density at radius 3 is 2.68 bits per heavy atom. The van der Waals surface area contributed by atoms with Gasteiger partial charge in [-0.3, -0.25) is 9.59 Å². The highest BCUT2D eigenvalue weighted by Gasteiger charge is 2.27. The Balaban J connectivity index is 1.93. The van der Waals surface area contributed by atoms with Crippen LogP contribution in [0.4, 0.5) is 5.69 Å². The topological polar surface area (TPSA) is 116 Å². The van der Waals surface area contributed by atoms with Crippen molar-refractivity contribution >= 4 is 34.9 Å². The second-order valence-electron chi connectivity index (χ2n) is 5.97. The molecule has 0 aromatic carbocycles. The van der Waals surface area contributed by atoms with E-state index in [4.69, 9.17) is 0 Å². The number of aliphatic hydroxyl groups excluding tert-OH is 1. The fourth-order valence-electron chi connectivity index (χ4n) is 2.73. The molecule has 3 N–H and O–H groups in total. The molecule has 1 aliphatic heterocycles. The Hall–Kier alpha value is -1.97. The minimum absolute atomic E-state index is 0.190. The van der Waals surface area contributed by atoms with Gasteiger partial charge in [-0.05, 0) is 24.3 Å². The van der Waals surface area contributed by atoms with Gasteiger partial charge in [0.25, 0.3) is 0 Å². The molecule has 1 atom stereocenters. The summed E-state index contributed by atoms with van der Waals surface area (Å²) in [6, 6.07) is 1.58. The van der Waals surface area contributed by atoms with Crippen LogP contribution in [0.25, 0.3) is 0 Å². The summed E-state index contributed by atoms with van der Waals surface area (Å²) in [6.07, 6.45) is 0.689. The first-order chi connectivity index (χ1) is 11.9. The number of carboxylic acid groups (broad SMARTS) is 1. The molecule has 1 aromatic rings. The van der Waals surface area contributed by atoms with Gasteiger partial charge in [-0.25, -0.2) is 4.79 Å². The van der Waals surface area contributed by atoms with Crippen LogP contribution in [0.5, 0.6) is 0 Å². The fraction of sp³-hybridized carbons (Fsp3) is 0.562. The number of hydrogen-bond donors (Lipinski definition) is 3. The highest BCUT2D eigenvalue weighted by molar-refractivity contribution is 7.12. The van der Waals surface area contributed by atoms with E-state index >= 15 is 0 Å². The molecular formula is C16H22N2O6S. The first-order valence-electron chi connectivity index (χ1n) is 7.99. The summed E-state index contributed by atoms with van der Waals surface area (Å²) in [4.78, 5) is 37.5. The number of amides is 1. The minimum Gasteiger partial charge on any atom is -0.481 e. The molecule has 2 heterocycles. The van der Waals surface area contributed by atoms with Crippen molar-refractivity contribution in [3.05, 3.63) is 16.3 Å². The largest absolute Gasteiger partial charge is 0.481 e. The van der Waals surface area contributed by atoms with Crippen LogP contribution in [0.2, 0.25) is 0 Å². The van der Waals surface area contributed by atoms with Crippen LogP contribution in [0.15, 0.2) is 11.4 Å². The molecule has 0 bridgehead atoms. The zero-order valence-electron chi connectivity index (χ0n) is 13.9. The van der Waals surface area contributed by atoms with Crippen molar-refractivity contribution in [3.8, 4) is 0 Å². The summed E-state index contributed by atoms with van der Waals surface area (Å²) in [7, 11) is 1.25. The molecule has 9 heteroatoms. The van der Waals surface area contributed by atoms with Crippen molar-refractivity contribution < 1.29 is 29.3 Å². The number of methoxy groups -OCH3 is 1. The van der Waals surface area contributed by atoms with E-state index in [2.05, 4.69) is 10.1 Å². The average Bonchev–Trinajstić information content (AvgIpc) is 3.03. The molecule has 0 aliphatic carbocycles. The van der Waals surface area contributed by atoms with Gasteiger partial charge in [0.2, 0.25) is 5.91 Å². The Bertz CT molecular complexity index is 624. The predicted molar refractivity (Wildman–Crippen MR) is 91.7 cm³/mol. The highest BCUT2D eigenvalue weighted by Crippen LogP contribution is 2.24. The number of ether oxygens (including phenoxy) is 1. The number of nitrogens with one attached hydrogen (secondary N) is 1. The summed E-state index contributed by atoms with van der Waals surface area (Å²) < 4.78 is 4.64. The number of piperidine rings is 1. The fourth-order valence-corrected chi connectivity index (χ4v) is 3.49. The zero-order chi connectivity index (χ0) is 18.4. The number of nitrogens with zero attached hydrogens (tertiary/aromatic N) is 1. The van der Waals surface area contributed by atoms with E-state index in [1.807, 2.05) is 4.90 Å². The zero-order valence-corrected chi connectivity index (χ0v) is 14.8. The maximum Gasteiger partial charge on any atom is 0.350 e. The molecule has 0 saturated carbocycles. The quantitative estimate of drug-likeness (QED) is 0.614. The second-order valence-corrected chi connectivity index (χ2v) is 6.89. The van der Waals surface area contributed by atoms with Crippen LogP contribution in [-0.2, 0) is 14.3 Å². The third-order valence-electron chi connectivity index (χ3n) is 4.13. The summed E-state index contributed by atoms with van der Waals surface area (Å²) >= 11 is 1.14. The van der Waals surface area contributed by atoms with E-state index in [1.165, 1.54) is 7.11 Å². The number of carboxylic acids is 1. The SMILES string of the molecule is COC(=O)c1sccc1NC(=O)C[C@H](CN1CCC(O)CC1)C(=O)O. The van der Waals surface area contributed by atoms with E-state index in [9.17, 15) is 24.6 Å². The van der Waals surface area contributed by atoms with E-state index in [0.717, 1.165) is 11.3 Å². The smallest absolute Gasteiger partial charge is 0.350 e. The third-order valence-corrected chi connectivity index (χ3v) is 5.02. The number of carbonyl (C=O) groups excluding carboxylic acids is 2. The van der Waals surface area contributed by atoms with Crippen LogP contribution in [0, 0.1) is 5.92 Å². The van der Waals surface area contributed by atoms with Gasteiger partial charge in [-0.1, -0.05) is 0 Å². The molecule has 0 radical (unpaired) electrons. The Kier molecular flexibility index (Phi) is 6.91. The molecule has 0 unspecified atom stereocenters. The highest BCUT2D eigenvalue weighted by atomic mass is 32.1. The van der Waals surface area contributed by atoms with Crippen LogP contribution >= 0.6 is 11.3 Å². The Labute approximate surface area is 149 Å². The van der Waals surface area contributed by atoms with Gasteiger partial charge in [0.05, 0.1) is 24.8 Å². The maximum absolute atomic E-state index is 12.2. The van der Waals surface area contributed by atoms with Gasteiger partial charge >= 0.3 is 11.9 Å². The molecule has 2 rings (SSSR count). The number of rotatable bonds is 7. The first kappa shape index (κ1) is 19.4. The predicted octanol–water partition coefficient (Wildman–Crippen LogP) is 1.02. The third kappa shape index (κ3) is 5.52. The van der Waals surface area contributed by atoms with E-state index in [-0.39, 0.29) is 23.9 Å². The van der Waals surface area contributed by atoms with Crippen LogP contribution in [0.1, 0.15) is 28.9 Å². The van der Waals surface area contributed by atoms with E-state index in [0.29, 0.717) is 31.6 Å². The number of esters is 1. The lowest BCUT2D eigenvalue weighted by molar-refractivity contribution is -0.144. The van der Waals surface area contributed by atoms with Gasteiger partial charge in [0.15, 0.2) is 0 Å². The van der Waals surface area contributed by atoms with Crippen molar-refractivity contribution in [3.63, 3.8) is 0 Å². The number of carbonyl (C=O) groups is 3. The molecule has 1 saturated heterocycles. The summed E-state index contributed by atoms with van der Waals surface area (Å²) in [5, 5.41) is 23.1. The number of hydrogen-bond acceptors (Lipinski definition) is 7.